The number of aromatic nitrogens is 3. The third-order valence-electron chi connectivity index (χ3n) is 4.00. The first kappa shape index (κ1) is 18.6. The van der Waals surface area contributed by atoms with Crippen LogP contribution in [-0.2, 0) is 16.1 Å². The van der Waals surface area contributed by atoms with E-state index in [1.165, 1.54) is 0 Å². The van der Waals surface area contributed by atoms with Crippen molar-refractivity contribution in [2.45, 2.75) is 33.7 Å². The van der Waals surface area contributed by atoms with Gasteiger partial charge < -0.3 is 4.74 Å². The maximum absolute atomic E-state index is 12.9. The van der Waals surface area contributed by atoms with Gasteiger partial charge in [0.25, 0.3) is 0 Å². The number of carbonyl (C=O) groups is 1. The van der Waals surface area contributed by atoms with Crippen LogP contribution in [-0.4, -0.2) is 65.2 Å². The number of rotatable bonds is 7. The minimum absolute atomic E-state index is 0.0616. The van der Waals surface area contributed by atoms with Crippen molar-refractivity contribution < 1.29 is 9.53 Å². The zero-order valence-corrected chi connectivity index (χ0v) is 15.1. The second kappa shape index (κ2) is 8.39. The molecule has 1 aromatic rings. The Labute approximate surface area is 144 Å². The van der Waals surface area contributed by atoms with E-state index in [0.29, 0.717) is 12.4 Å². The third kappa shape index (κ3) is 5.14. The highest BCUT2D eigenvalue weighted by Crippen LogP contribution is 2.21. The molecular weight excluding hydrogens is 306 g/mol. The number of hydrogen-bond donors (Lipinski definition) is 0. The van der Waals surface area contributed by atoms with Gasteiger partial charge in [0.05, 0.1) is 19.4 Å². The van der Waals surface area contributed by atoms with Gasteiger partial charge in [0.1, 0.15) is 0 Å². The lowest BCUT2D eigenvalue weighted by Gasteiger charge is -2.31. The zero-order valence-electron chi connectivity index (χ0n) is 15.1. The molecule has 0 unspecified atom stereocenters. The number of hydrogen-bond acceptors (Lipinski definition) is 5. The van der Waals surface area contributed by atoms with Crippen molar-refractivity contribution in [1.29, 1.82) is 0 Å². The first-order valence-corrected chi connectivity index (χ1v) is 8.55. The van der Waals surface area contributed by atoms with Gasteiger partial charge in [-0.1, -0.05) is 32.1 Å². The molecule has 2 heterocycles. The molecule has 7 heteroatoms. The number of aryl methyl sites for hydroxylation is 1. The molecule has 0 radical (unpaired) electrons. The van der Waals surface area contributed by atoms with Crippen LogP contribution in [0.3, 0.4) is 0 Å². The van der Waals surface area contributed by atoms with Crippen molar-refractivity contribution in [3.05, 3.63) is 18.9 Å². The van der Waals surface area contributed by atoms with Crippen molar-refractivity contribution in [3.8, 4) is 0 Å². The largest absolute Gasteiger partial charge is 0.379 e. The molecule has 1 amide bonds. The number of allylic oxidation sites excluding steroid dienone is 1. The van der Waals surface area contributed by atoms with Gasteiger partial charge in [-0.05, 0) is 6.42 Å². The highest BCUT2D eigenvalue weighted by molar-refractivity contribution is 5.95. The maximum atomic E-state index is 12.9. The zero-order chi connectivity index (χ0) is 17.6. The van der Waals surface area contributed by atoms with E-state index >= 15 is 0 Å². The Bertz CT molecular complexity index is 543. The minimum Gasteiger partial charge on any atom is -0.379 e. The fourth-order valence-corrected chi connectivity index (χ4v) is 2.54. The van der Waals surface area contributed by atoms with Crippen LogP contribution in [0.25, 0.3) is 0 Å². The first-order valence-electron chi connectivity index (χ1n) is 8.55. The van der Waals surface area contributed by atoms with Crippen LogP contribution in [0, 0.1) is 5.41 Å². The molecule has 0 bridgehead atoms. The van der Waals surface area contributed by atoms with Crippen LogP contribution in [0.1, 0.15) is 27.2 Å². The summed E-state index contributed by atoms with van der Waals surface area (Å²) in [6.07, 6.45) is 4.51. The van der Waals surface area contributed by atoms with E-state index in [1.54, 1.807) is 9.58 Å². The highest BCUT2D eigenvalue weighted by Gasteiger charge is 2.30. The molecule has 2 rings (SSSR count). The van der Waals surface area contributed by atoms with E-state index in [0.717, 1.165) is 45.8 Å². The van der Waals surface area contributed by atoms with Crippen molar-refractivity contribution >= 4 is 11.7 Å². The summed E-state index contributed by atoms with van der Waals surface area (Å²) < 4.78 is 7.14. The molecule has 1 fully saturated rings. The quantitative estimate of drug-likeness (QED) is 0.708. The lowest BCUT2D eigenvalue weighted by molar-refractivity contribution is -0.125. The molecule has 24 heavy (non-hydrogen) atoms. The Kier molecular flexibility index (Phi) is 6.51. The fraction of sp³-hybridized carbons (Fsp3) is 0.706. The van der Waals surface area contributed by atoms with E-state index in [9.17, 15) is 4.79 Å². The second-order valence-corrected chi connectivity index (χ2v) is 7.08. The summed E-state index contributed by atoms with van der Waals surface area (Å²) in [5.41, 5.74) is -0.462. The Hall–Kier alpha value is -1.73. The number of carbonyl (C=O) groups excluding carboxylic acids is 1. The number of anilines is 1. The van der Waals surface area contributed by atoms with E-state index in [-0.39, 0.29) is 5.91 Å². The molecule has 1 aromatic heterocycles. The molecule has 7 nitrogen and oxygen atoms in total. The van der Waals surface area contributed by atoms with Gasteiger partial charge in [-0.2, -0.15) is 0 Å². The molecule has 0 saturated carbocycles. The van der Waals surface area contributed by atoms with E-state index in [4.69, 9.17) is 4.74 Å². The van der Waals surface area contributed by atoms with Crippen LogP contribution < -0.4 is 4.90 Å². The summed E-state index contributed by atoms with van der Waals surface area (Å²) in [4.78, 5) is 16.9. The van der Waals surface area contributed by atoms with Crippen LogP contribution in [0.15, 0.2) is 18.9 Å². The predicted octanol–water partition coefficient (Wildman–Crippen LogP) is 1.57. The van der Waals surface area contributed by atoms with Crippen molar-refractivity contribution in [2.24, 2.45) is 5.41 Å². The van der Waals surface area contributed by atoms with Crippen LogP contribution in [0.5, 0.6) is 0 Å². The molecule has 1 saturated heterocycles. The minimum atomic E-state index is -0.462. The Balaban J connectivity index is 2.08. The van der Waals surface area contributed by atoms with E-state index in [1.807, 2.05) is 33.0 Å². The standard InChI is InChI=1S/C17H29N5O2/c1-5-6-7-21-14-15(18-19-21)22(16(23)17(2,3)4)9-8-20-10-12-24-13-11-20/h5,14H,1,6-13H2,2-4H3. The third-order valence-corrected chi connectivity index (χ3v) is 4.00. The molecule has 0 aromatic carbocycles. The van der Waals surface area contributed by atoms with Crippen LogP contribution in [0.4, 0.5) is 5.82 Å². The van der Waals surface area contributed by atoms with Gasteiger partial charge in [0.2, 0.25) is 5.91 Å². The number of amides is 1. The van der Waals surface area contributed by atoms with Crippen molar-refractivity contribution in [3.63, 3.8) is 0 Å². The van der Waals surface area contributed by atoms with E-state index in [2.05, 4.69) is 21.8 Å². The van der Waals surface area contributed by atoms with Crippen molar-refractivity contribution in [1.82, 2.24) is 19.9 Å². The van der Waals surface area contributed by atoms with Gasteiger partial charge in [-0.15, -0.1) is 11.7 Å². The first-order chi connectivity index (χ1) is 11.4. The number of nitrogens with zero attached hydrogens (tertiary/aromatic N) is 5. The number of ether oxygens (including phenoxy) is 1. The monoisotopic (exact) mass is 335 g/mol. The predicted molar refractivity (Wildman–Crippen MR) is 93.9 cm³/mol. The van der Waals surface area contributed by atoms with Gasteiger partial charge in [-0.25, -0.2) is 0 Å². The molecule has 1 aliphatic heterocycles. The summed E-state index contributed by atoms with van der Waals surface area (Å²) in [6.45, 7) is 15.0. The Morgan fingerprint density at radius 3 is 2.71 bits per heavy atom. The summed E-state index contributed by atoms with van der Waals surface area (Å²) in [7, 11) is 0. The number of morpholine rings is 1. The maximum Gasteiger partial charge on any atom is 0.233 e. The normalized spacial score (nSPS) is 16.1. The van der Waals surface area contributed by atoms with Gasteiger partial charge in [-0.3, -0.25) is 19.3 Å². The van der Waals surface area contributed by atoms with Crippen molar-refractivity contribution in [2.75, 3.05) is 44.3 Å². The Morgan fingerprint density at radius 2 is 2.08 bits per heavy atom. The molecule has 1 aliphatic rings. The Morgan fingerprint density at radius 1 is 1.38 bits per heavy atom. The lowest BCUT2D eigenvalue weighted by atomic mass is 9.94. The highest BCUT2D eigenvalue weighted by atomic mass is 16.5. The van der Waals surface area contributed by atoms with Crippen LogP contribution in [0.2, 0.25) is 0 Å². The summed E-state index contributed by atoms with van der Waals surface area (Å²) >= 11 is 0. The average molecular weight is 335 g/mol. The molecular formula is C17H29N5O2. The summed E-state index contributed by atoms with van der Waals surface area (Å²) in [6, 6.07) is 0. The summed E-state index contributed by atoms with van der Waals surface area (Å²) in [5, 5.41) is 8.33. The SMILES string of the molecule is C=CCCn1cc(N(CCN2CCOCC2)C(=O)C(C)(C)C)nn1. The molecule has 0 aliphatic carbocycles. The van der Waals surface area contributed by atoms with Gasteiger partial charge in [0, 0.05) is 38.1 Å². The van der Waals surface area contributed by atoms with E-state index < -0.39 is 5.41 Å². The lowest BCUT2D eigenvalue weighted by Crippen LogP contribution is -2.46. The fourth-order valence-electron chi connectivity index (χ4n) is 2.54. The molecule has 0 spiro atoms. The van der Waals surface area contributed by atoms with Crippen LogP contribution >= 0.6 is 0 Å². The summed E-state index contributed by atoms with van der Waals surface area (Å²) in [5.74, 6) is 0.679. The average Bonchev–Trinajstić information content (AvgIpc) is 3.02. The van der Waals surface area contributed by atoms with Gasteiger partial charge >= 0.3 is 0 Å². The molecule has 0 atom stereocenters. The smallest absolute Gasteiger partial charge is 0.233 e. The topological polar surface area (TPSA) is 63.5 Å². The molecule has 134 valence electrons. The van der Waals surface area contributed by atoms with Gasteiger partial charge in [0.15, 0.2) is 5.82 Å². The molecule has 0 N–H and O–H groups in total. The second-order valence-electron chi connectivity index (χ2n) is 7.08.